The van der Waals surface area contributed by atoms with Crippen LogP contribution < -0.4 is 5.32 Å². The van der Waals surface area contributed by atoms with Crippen LogP contribution in [0.2, 0.25) is 0 Å². The van der Waals surface area contributed by atoms with Gasteiger partial charge in [0, 0.05) is 25.2 Å². The molecule has 17 heavy (non-hydrogen) atoms. The average Bonchev–Trinajstić information content (AvgIpc) is 2.74. The predicted molar refractivity (Wildman–Crippen MR) is 69.7 cm³/mol. The van der Waals surface area contributed by atoms with Gasteiger partial charge in [-0.05, 0) is 26.0 Å². The Morgan fingerprint density at radius 2 is 2.35 bits per heavy atom. The number of rotatable bonds is 5. The van der Waals surface area contributed by atoms with E-state index >= 15 is 0 Å². The van der Waals surface area contributed by atoms with Crippen molar-refractivity contribution in [3.63, 3.8) is 0 Å². The normalized spacial score (nSPS) is 17.2. The lowest BCUT2D eigenvalue weighted by atomic mass is 10.1. The van der Waals surface area contributed by atoms with E-state index < -0.39 is 0 Å². The van der Waals surface area contributed by atoms with Crippen LogP contribution in [-0.2, 0) is 13.1 Å². The number of furan rings is 1. The Kier molecular flexibility index (Phi) is 4.40. The zero-order chi connectivity index (χ0) is 12.1. The van der Waals surface area contributed by atoms with Crippen molar-refractivity contribution in [2.24, 2.45) is 0 Å². The summed E-state index contributed by atoms with van der Waals surface area (Å²) < 4.78 is 5.53. The first-order chi connectivity index (χ1) is 8.29. The number of hydrogen-bond donors (Lipinski definition) is 1. The summed E-state index contributed by atoms with van der Waals surface area (Å²) in [7, 11) is 0. The number of nitrogens with zero attached hydrogens (tertiary/aromatic N) is 1. The van der Waals surface area contributed by atoms with E-state index in [9.17, 15) is 0 Å². The highest BCUT2D eigenvalue weighted by atomic mass is 16.3. The molecule has 1 aromatic rings. The molecular weight excluding hydrogens is 212 g/mol. The lowest BCUT2D eigenvalue weighted by molar-refractivity contribution is 0.279. The molecule has 0 atom stereocenters. The summed E-state index contributed by atoms with van der Waals surface area (Å²) in [6.07, 6.45) is 5.31. The third-order valence-electron chi connectivity index (χ3n) is 3.18. The topological polar surface area (TPSA) is 28.4 Å². The van der Waals surface area contributed by atoms with Crippen LogP contribution in [0.15, 0.2) is 28.4 Å². The van der Waals surface area contributed by atoms with Crippen LogP contribution >= 0.6 is 0 Å². The molecule has 0 unspecified atom stereocenters. The summed E-state index contributed by atoms with van der Waals surface area (Å²) in [5.74, 6) is 1.08. The Bertz CT molecular complexity index is 381. The molecule has 0 saturated heterocycles. The Labute approximate surface area is 103 Å². The Hall–Kier alpha value is -1.06. The van der Waals surface area contributed by atoms with Crippen molar-refractivity contribution in [3.8, 4) is 0 Å². The summed E-state index contributed by atoms with van der Waals surface area (Å²) in [6.45, 7) is 9.38. The number of nitrogens with one attached hydrogen (secondary N) is 1. The van der Waals surface area contributed by atoms with Crippen molar-refractivity contribution in [1.29, 1.82) is 0 Å². The second kappa shape index (κ2) is 6.03. The molecule has 3 nitrogen and oxygen atoms in total. The first kappa shape index (κ1) is 12.4. The van der Waals surface area contributed by atoms with Crippen LogP contribution in [0.25, 0.3) is 0 Å². The van der Waals surface area contributed by atoms with Gasteiger partial charge >= 0.3 is 0 Å². The molecule has 0 aromatic carbocycles. The first-order valence-electron chi connectivity index (χ1n) is 6.43. The molecule has 1 N–H and O–H groups in total. The van der Waals surface area contributed by atoms with Crippen LogP contribution in [0, 0.1) is 0 Å². The molecule has 1 aliphatic heterocycles. The van der Waals surface area contributed by atoms with Crippen molar-refractivity contribution in [2.45, 2.75) is 33.4 Å². The van der Waals surface area contributed by atoms with Gasteiger partial charge in [-0.25, -0.2) is 0 Å². The second-order valence-electron chi connectivity index (χ2n) is 4.70. The molecule has 2 heterocycles. The van der Waals surface area contributed by atoms with Gasteiger partial charge in [0.15, 0.2) is 0 Å². The molecule has 0 fully saturated rings. The minimum Gasteiger partial charge on any atom is -0.468 e. The van der Waals surface area contributed by atoms with Gasteiger partial charge in [0.2, 0.25) is 0 Å². The highest BCUT2D eigenvalue weighted by Gasteiger charge is 2.13. The average molecular weight is 234 g/mol. The van der Waals surface area contributed by atoms with Gasteiger partial charge in [0.25, 0.3) is 0 Å². The van der Waals surface area contributed by atoms with Gasteiger partial charge in [-0.1, -0.05) is 18.6 Å². The minimum absolute atomic E-state index is 0.835. The van der Waals surface area contributed by atoms with Gasteiger partial charge < -0.3 is 9.73 Å². The molecule has 94 valence electrons. The standard InChI is InChI=1S/C14H22N2O/c1-3-15-9-14-13(6-8-17-14)11-16-7-4-5-12(2)10-16/h5-6,8,15H,3-4,7,9-11H2,1-2H3. The minimum atomic E-state index is 0.835. The van der Waals surface area contributed by atoms with Gasteiger partial charge in [-0.2, -0.15) is 0 Å². The van der Waals surface area contributed by atoms with E-state index in [4.69, 9.17) is 4.42 Å². The molecule has 2 rings (SSSR count). The molecule has 0 amide bonds. The van der Waals surface area contributed by atoms with E-state index in [0.29, 0.717) is 0 Å². The van der Waals surface area contributed by atoms with Gasteiger partial charge in [-0.15, -0.1) is 0 Å². The largest absolute Gasteiger partial charge is 0.468 e. The zero-order valence-electron chi connectivity index (χ0n) is 10.8. The Balaban J connectivity index is 1.94. The fourth-order valence-corrected chi connectivity index (χ4v) is 2.27. The summed E-state index contributed by atoms with van der Waals surface area (Å²) in [5, 5.41) is 3.31. The van der Waals surface area contributed by atoms with Crippen LogP contribution in [0.1, 0.15) is 31.6 Å². The van der Waals surface area contributed by atoms with E-state index in [0.717, 1.165) is 38.5 Å². The molecule has 3 heteroatoms. The third-order valence-corrected chi connectivity index (χ3v) is 3.18. The maximum absolute atomic E-state index is 5.53. The molecule has 0 saturated carbocycles. The fraction of sp³-hybridized carbons (Fsp3) is 0.571. The molecule has 0 spiro atoms. The molecular formula is C14H22N2O. The molecule has 0 radical (unpaired) electrons. The van der Waals surface area contributed by atoms with E-state index in [1.807, 2.05) is 0 Å². The smallest absolute Gasteiger partial charge is 0.122 e. The Morgan fingerprint density at radius 1 is 1.47 bits per heavy atom. The summed E-state index contributed by atoms with van der Waals surface area (Å²) in [6, 6.07) is 2.10. The van der Waals surface area contributed by atoms with Crippen molar-refractivity contribution < 1.29 is 4.42 Å². The lowest BCUT2D eigenvalue weighted by Gasteiger charge is -2.25. The predicted octanol–water partition coefficient (Wildman–Crippen LogP) is 2.54. The van der Waals surface area contributed by atoms with Gasteiger partial charge in [-0.3, -0.25) is 4.90 Å². The van der Waals surface area contributed by atoms with E-state index in [-0.39, 0.29) is 0 Å². The highest BCUT2D eigenvalue weighted by molar-refractivity contribution is 5.18. The van der Waals surface area contributed by atoms with Crippen molar-refractivity contribution in [1.82, 2.24) is 10.2 Å². The fourth-order valence-electron chi connectivity index (χ4n) is 2.27. The zero-order valence-corrected chi connectivity index (χ0v) is 10.8. The molecule has 0 aliphatic carbocycles. The molecule has 1 aliphatic rings. The Morgan fingerprint density at radius 3 is 3.12 bits per heavy atom. The van der Waals surface area contributed by atoms with Crippen molar-refractivity contribution in [2.75, 3.05) is 19.6 Å². The quantitative estimate of drug-likeness (QED) is 0.794. The van der Waals surface area contributed by atoms with Crippen LogP contribution in [-0.4, -0.2) is 24.5 Å². The van der Waals surface area contributed by atoms with Crippen LogP contribution in [0.3, 0.4) is 0 Å². The maximum atomic E-state index is 5.53. The van der Waals surface area contributed by atoms with Gasteiger partial charge in [0.1, 0.15) is 5.76 Å². The SMILES string of the molecule is CCNCc1occc1CN1CCC=C(C)C1. The van der Waals surface area contributed by atoms with Crippen molar-refractivity contribution in [3.05, 3.63) is 35.3 Å². The second-order valence-corrected chi connectivity index (χ2v) is 4.70. The monoisotopic (exact) mass is 234 g/mol. The van der Waals surface area contributed by atoms with Gasteiger partial charge in [0.05, 0.1) is 12.8 Å². The first-order valence-corrected chi connectivity index (χ1v) is 6.43. The number of hydrogen-bond acceptors (Lipinski definition) is 3. The molecule has 0 bridgehead atoms. The summed E-state index contributed by atoms with van der Waals surface area (Å²) in [5.41, 5.74) is 2.80. The van der Waals surface area contributed by atoms with Crippen LogP contribution in [0.5, 0.6) is 0 Å². The van der Waals surface area contributed by atoms with E-state index in [1.165, 1.54) is 17.6 Å². The third kappa shape index (κ3) is 3.45. The summed E-state index contributed by atoms with van der Waals surface area (Å²) in [4.78, 5) is 2.48. The van der Waals surface area contributed by atoms with E-state index in [2.05, 4.69) is 36.2 Å². The molecule has 1 aromatic heterocycles. The maximum Gasteiger partial charge on any atom is 0.122 e. The van der Waals surface area contributed by atoms with E-state index in [1.54, 1.807) is 6.26 Å². The lowest BCUT2D eigenvalue weighted by Crippen LogP contribution is -2.29. The highest BCUT2D eigenvalue weighted by Crippen LogP contribution is 2.16. The van der Waals surface area contributed by atoms with Crippen LogP contribution in [0.4, 0.5) is 0 Å². The van der Waals surface area contributed by atoms with Crippen molar-refractivity contribution >= 4 is 0 Å². The summed E-state index contributed by atoms with van der Waals surface area (Å²) >= 11 is 0.